The molecule has 2 rings (SSSR count). The van der Waals surface area contributed by atoms with Gasteiger partial charge in [0.2, 0.25) is 0 Å². The van der Waals surface area contributed by atoms with Gasteiger partial charge in [-0.05, 0) is 24.0 Å². The highest BCUT2D eigenvalue weighted by Gasteiger charge is 2.23. The van der Waals surface area contributed by atoms with Crippen LogP contribution in [0.2, 0.25) is 0 Å². The van der Waals surface area contributed by atoms with E-state index in [1.54, 1.807) is 19.0 Å². The van der Waals surface area contributed by atoms with Crippen LogP contribution in [0.4, 0.5) is 4.79 Å². The maximum absolute atomic E-state index is 11.5. The Hall–Kier alpha value is -1.51. The number of benzene rings is 1. The smallest absolute Gasteiger partial charge is 0.317 e. The van der Waals surface area contributed by atoms with Gasteiger partial charge >= 0.3 is 6.03 Å². The van der Waals surface area contributed by atoms with Crippen molar-refractivity contribution in [1.29, 1.82) is 0 Å². The topological polar surface area (TPSA) is 32.3 Å². The molecule has 1 atom stereocenters. The van der Waals surface area contributed by atoms with Crippen LogP contribution in [-0.4, -0.2) is 25.0 Å². The predicted molar refractivity (Wildman–Crippen MR) is 59.7 cm³/mol. The molecule has 1 aromatic rings. The molecule has 1 aromatic carbocycles. The van der Waals surface area contributed by atoms with E-state index in [0.29, 0.717) is 0 Å². The number of carbonyl (C=O) groups is 1. The van der Waals surface area contributed by atoms with Crippen LogP contribution in [0.5, 0.6) is 0 Å². The van der Waals surface area contributed by atoms with Crippen LogP contribution in [-0.2, 0) is 6.42 Å². The molecule has 0 radical (unpaired) electrons. The molecule has 0 spiro atoms. The summed E-state index contributed by atoms with van der Waals surface area (Å²) >= 11 is 0. The van der Waals surface area contributed by atoms with E-state index in [4.69, 9.17) is 0 Å². The SMILES string of the molecule is CN(C)C(=O)N[C@H]1CCc2ccccc21. The van der Waals surface area contributed by atoms with Crippen molar-refractivity contribution in [3.05, 3.63) is 35.4 Å². The summed E-state index contributed by atoms with van der Waals surface area (Å²) in [6.07, 6.45) is 2.08. The molecule has 15 heavy (non-hydrogen) atoms. The molecular weight excluding hydrogens is 188 g/mol. The minimum Gasteiger partial charge on any atom is -0.331 e. The van der Waals surface area contributed by atoms with E-state index >= 15 is 0 Å². The lowest BCUT2D eigenvalue weighted by molar-refractivity contribution is 0.213. The summed E-state index contributed by atoms with van der Waals surface area (Å²) in [7, 11) is 3.52. The second kappa shape index (κ2) is 3.93. The molecule has 0 aromatic heterocycles. The first-order valence-corrected chi connectivity index (χ1v) is 5.24. The number of fused-ring (bicyclic) bond motifs is 1. The fourth-order valence-electron chi connectivity index (χ4n) is 1.99. The monoisotopic (exact) mass is 204 g/mol. The zero-order chi connectivity index (χ0) is 10.8. The van der Waals surface area contributed by atoms with Gasteiger partial charge in [-0.3, -0.25) is 0 Å². The normalized spacial score (nSPS) is 18.4. The number of carbonyl (C=O) groups excluding carboxylic acids is 1. The van der Waals surface area contributed by atoms with Crippen molar-refractivity contribution in [2.24, 2.45) is 0 Å². The van der Waals surface area contributed by atoms with E-state index in [1.807, 2.05) is 6.07 Å². The molecule has 0 unspecified atom stereocenters. The van der Waals surface area contributed by atoms with Gasteiger partial charge in [0.15, 0.2) is 0 Å². The van der Waals surface area contributed by atoms with Crippen molar-refractivity contribution in [3.8, 4) is 0 Å². The fraction of sp³-hybridized carbons (Fsp3) is 0.417. The Morgan fingerprint density at radius 1 is 1.40 bits per heavy atom. The minimum absolute atomic E-state index is 0.0169. The van der Waals surface area contributed by atoms with Crippen molar-refractivity contribution < 1.29 is 4.79 Å². The van der Waals surface area contributed by atoms with E-state index in [1.165, 1.54) is 11.1 Å². The second-order valence-corrected chi connectivity index (χ2v) is 4.13. The number of hydrogen-bond acceptors (Lipinski definition) is 1. The van der Waals surface area contributed by atoms with Crippen LogP contribution < -0.4 is 5.32 Å². The Labute approximate surface area is 90.1 Å². The van der Waals surface area contributed by atoms with Gasteiger partial charge in [-0.15, -0.1) is 0 Å². The van der Waals surface area contributed by atoms with Crippen molar-refractivity contribution in [1.82, 2.24) is 10.2 Å². The summed E-state index contributed by atoms with van der Waals surface area (Å²) in [5.74, 6) is 0. The van der Waals surface area contributed by atoms with Crippen molar-refractivity contribution >= 4 is 6.03 Å². The standard InChI is InChI=1S/C12H16N2O/c1-14(2)12(15)13-11-8-7-9-5-3-4-6-10(9)11/h3-6,11H,7-8H2,1-2H3,(H,13,15)/t11-/m0/s1. The third kappa shape index (κ3) is 1.96. The van der Waals surface area contributed by atoms with E-state index in [0.717, 1.165) is 12.8 Å². The van der Waals surface area contributed by atoms with E-state index in [2.05, 4.69) is 23.5 Å². The third-order valence-electron chi connectivity index (χ3n) is 2.84. The average Bonchev–Trinajstić information content (AvgIpc) is 2.62. The van der Waals surface area contributed by atoms with Gasteiger partial charge in [0.25, 0.3) is 0 Å². The van der Waals surface area contributed by atoms with Gasteiger partial charge < -0.3 is 10.2 Å². The lowest BCUT2D eigenvalue weighted by Gasteiger charge is -2.17. The quantitative estimate of drug-likeness (QED) is 0.745. The Kier molecular flexibility index (Phi) is 2.62. The molecule has 0 heterocycles. The summed E-state index contributed by atoms with van der Waals surface area (Å²) in [6, 6.07) is 8.49. The molecule has 80 valence electrons. The van der Waals surface area contributed by atoms with Crippen molar-refractivity contribution in [2.75, 3.05) is 14.1 Å². The Bertz CT molecular complexity index is 374. The van der Waals surface area contributed by atoms with Crippen LogP contribution in [0, 0.1) is 0 Å². The summed E-state index contributed by atoms with van der Waals surface area (Å²) < 4.78 is 0. The van der Waals surface area contributed by atoms with Gasteiger partial charge in [0.1, 0.15) is 0 Å². The van der Waals surface area contributed by atoms with Crippen LogP contribution >= 0.6 is 0 Å². The predicted octanol–water partition coefficient (Wildman–Crippen LogP) is 1.95. The highest BCUT2D eigenvalue weighted by molar-refractivity contribution is 5.74. The highest BCUT2D eigenvalue weighted by atomic mass is 16.2. The molecule has 3 nitrogen and oxygen atoms in total. The lowest BCUT2D eigenvalue weighted by Crippen LogP contribution is -2.36. The number of nitrogens with zero attached hydrogens (tertiary/aromatic N) is 1. The molecule has 0 aliphatic heterocycles. The Morgan fingerprint density at radius 2 is 2.13 bits per heavy atom. The van der Waals surface area contributed by atoms with Gasteiger partial charge in [-0.25, -0.2) is 4.79 Å². The summed E-state index contributed by atoms with van der Waals surface area (Å²) in [5, 5.41) is 3.02. The molecule has 1 aliphatic carbocycles. The lowest BCUT2D eigenvalue weighted by atomic mass is 10.1. The molecular formula is C12H16N2O. The van der Waals surface area contributed by atoms with E-state index in [9.17, 15) is 4.79 Å². The number of rotatable bonds is 1. The number of urea groups is 1. The van der Waals surface area contributed by atoms with Crippen molar-refractivity contribution in [3.63, 3.8) is 0 Å². The second-order valence-electron chi connectivity index (χ2n) is 4.13. The molecule has 0 saturated carbocycles. The first-order valence-electron chi connectivity index (χ1n) is 5.24. The number of amides is 2. The molecule has 0 bridgehead atoms. The van der Waals surface area contributed by atoms with E-state index < -0.39 is 0 Å². The molecule has 1 aliphatic rings. The van der Waals surface area contributed by atoms with Crippen LogP contribution in [0.3, 0.4) is 0 Å². The van der Waals surface area contributed by atoms with Crippen molar-refractivity contribution in [2.45, 2.75) is 18.9 Å². The average molecular weight is 204 g/mol. The van der Waals surface area contributed by atoms with Gasteiger partial charge in [0.05, 0.1) is 6.04 Å². The molecule has 1 N–H and O–H groups in total. The third-order valence-corrected chi connectivity index (χ3v) is 2.84. The summed E-state index contributed by atoms with van der Waals surface area (Å²) in [4.78, 5) is 13.1. The van der Waals surface area contributed by atoms with Gasteiger partial charge in [-0.1, -0.05) is 24.3 Å². The Morgan fingerprint density at radius 3 is 2.87 bits per heavy atom. The van der Waals surface area contributed by atoms with Crippen LogP contribution in [0.1, 0.15) is 23.6 Å². The van der Waals surface area contributed by atoms with E-state index in [-0.39, 0.29) is 12.1 Å². The summed E-state index contributed by atoms with van der Waals surface area (Å²) in [6.45, 7) is 0. The molecule has 3 heteroatoms. The zero-order valence-electron chi connectivity index (χ0n) is 9.16. The largest absolute Gasteiger partial charge is 0.331 e. The zero-order valence-corrected chi connectivity index (χ0v) is 9.16. The molecule has 2 amide bonds. The maximum atomic E-state index is 11.5. The van der Waals surface area contributed by atoms with Crippen LogP contribution in [0.15, 0.2) is 24.3 Å². The van der Waals surface area contributed by atoms with Gasteiger partial charge in [-0.2, -0.15) is 0 Å². The minimum atomic E-state index is -0.0169. The van der Waals surface area contributed by atoms with Crippen LogP contribution in [0.25, 0.3) is 0 Å². The first kappa shape index (κ1) is 10.0. The number of aryl methyl sites for hydroxylation is 1. The molecule has 0 fully saturated rings. The Balaban J connectivity index is 2.11. The summed E-state index contributed by atoms with van der Waals surface area (Å²) in [5.41, 5.74) is 2.63. The fourth-order valence-corrected chi connectivity index (χ4v) is 1.99. The van der Waals surface area contributed by atoms with Gasteiger partial charge in [0, 0.05) is 14.1 Å². The highest BCUT2D eigenvalue weighted by Crippen LogP contribution is 2.30. The number of nitrogens with one attached hydrogen (secondary N) is 1. The maximum Gasteiger partial charge on any atom is 0.317 e. The molecule has 0 saturated heterocycles. The number of hydrogen-bond donors (Lipinski definition) is 1. The first-order chi connectivity index (χ1) is 7.18.